The van der Waals surface area contributed by atoms with Gasteiger partial charge in [0.2, 0.25) is 23.1 Å². The second-order valence-corrected chi connectivity index (χ2v) is 22.5. The van der Waals surface area contributed by atoms with Crippen molar-refractivity contribution in [1.29, 1.82) is 0 Å². The van der Waals surface area contributed by atoms with Crippen molar-refractivity contribution in [2.45, 2.75) is 67.2 Å². The Balaban J connectivity index is 0.000000253. The molecule has 0 spiro atoms. The summed E-state index contributed by atoms with van der Waals surface area (Å²) in [5.74, 6) is -2.27. The molecule has 78 heavy (non-hydrogen) atoms. The van der Waals surface area contributed by atoms with Gasteiger partial charge in [-0.2, -0.15) is 18.6 Å². The zero-order chi connectivity index (χ0) is 56.2. The largest absolute Gasteiger partial charge is 0.391 e. The Morgan fingerprint density at radius 3 is 1.36 bits per heavy atom. The number of hydrazone groups is 2. The number of nitrogens with one attached hydrogen (secondary N) is 1. The summed E-state index contributed by atoms with van der Waals surface area (Å²) in [4.78, 5) is 26.3. The third kappa shape index (κ3) is 16.8. The van der Waals surface area contributed by atoms with Crippen molar-refractivity contribution < 1.29 is 36.6 Å². The molecule has 0 aliphatic carbocycles. The number of aliphatic hydroxyl groups excluding tert-OH is 2. The molecular formula is C53H55Cl5N10O8S2. The topological polar surface area (TPSA) is 289 Å². The van der Waals surface area contributed by atoms with Crippen LogP contribution in [0.1, 0.15) is 55.4 Å². The van der Waals surface area contributed by atoms with E-state index in [1.807, 2.05) is 84.9 Å². The van der Waals surface area contributed by atoms with E-state index in [1.165, 1.54) is 72.4 Å². The molecule has 6 aromatic rings. The number of hydrogen-bond donors (Lipinski definition) is 6. The molecule has 0 saturated heterocycles. The number of nitrogens with two attached hydrogens (primary N) is 3. The molecule has 6 unspecified atom stereocenters. The average molecular weight is 1200 g/mol. The van der Waals surface area contributed by atoms with Crippen LogP contribution >= 0.6 is 58.0 Å². The lowest BCUT2D eigenvalue weighted by molar-refractivity contribution is -0.122. The van der Waals surface area contributed by atoms with Crippen LogP contribution in [0.5, 0.6) is 0 Å². The summed E-state index contributed by atoms with van der Waals surface area (Å²) in [7, 11) is -8.20. The van der Waals surface area contributed by atoms with E-state index in [0.29, 0.717) is 32.3 Å². The highest BCUT2D eigenvalue weighted by Gasteiger charge is 2.35. The lowest BCUT2D eigenvalue weighted by Crippen LogP contribution is -2.45. The minimum Gasteiger partial charge on any atom is -0.391 e. The van der Waals surface area contributed by atoms with Crippen LogP contribution in [0.2, 0.25) is 20.1 Å². The van der Waals surface area contributed by atoms with E-state index in [2.05, 4.69) is 19.2 Å². The van der Waals surface area contributed by atoms with Crippen molar-refractivity contribution in [1.82, 2.24) is 14.7 Å². The van der Waals surface area contributed by atoms with Crippen molar-refractivity contribution >= 4 is 113 Å². The van der Waals surface area contributed by atoms with Gasteiger partial charge in [0.15, 0.2) is 6.04 Å². The number of sulfonamides is 2. The van der Waals surface area contributed by atoms with Crippen molar-refractivity contribution in [3.05, 3.63) is 200 Å². The number of carbonyl (C=O) groups excluding carboxylic acids is 2. The van der Waals surface area contributed by atoms with Crippen LogP contribution in [0.15, 0.2) is 187 Å². The maximum atomic E-state index is 13.3. The smallest absolute Gasteiger partial charge is 0.285 e. The fourth-order valence-corrected chi connectivity index (χ4v) is 10.2. The van der Waals surface area contributed by atoms with Crippen molar-refractivity contribution in [3.8, 4) is 0 Å². The molecule has 18 nitrogen and oxygen atoms in total. The van der Waals surface area contributed by atoms with E-state index in [1.54, 1.807) is 24.3 Å². The summed E-state index contributed by atoms with van der Waals surface area (Å²) in [6.07, 6.45) is -2.14. The summed E-state index contributed by atoms with van der Waals surface area (Å²) in [5.41, 5.74) is 20.2. The third-order valence-electron chi connectivity index (χ3n) is 11.5. The molecule has 2 heterocycles. The maximum absolute atomic E-state index is 13.3. The molecule has 0 saturated carbocycles. The molecule has 25 heteroatoms. The van der Waals surface area contributed by atoms with Crippen LogP contribution in [0, 0.1) is 0 Å². The highest BCUT2D eigenvalue weighted by Crippen LogP contribution is 2.32. The summed E-state index contributed by atoms with van der Waals surface area (Å²) in [6.45, 7) is 3.29. The summed E-state index contributed by atoms with van der Waals surface area (Å²) in [6, 6.07) is 42.7. The summed E-state index contributed by atoms with van der Waals surface area (Å²) in [5, 5.41) is 32.5. The standard InChI is InChI=1S/C26H25Cl2N5O4S.C22H16Cl3N3O2S.C4H10N2O2.CH4/c1-16(34)23(25(29)35)30-26(32-38(36,37)21-13-11-20(28)12-14-21)33-15-22(17-5-3-2-4-6-17)24(31-33)18-7-9-19(27)10-8-18;23-17-8-6-16(7-9-17)21-20(15-4-2-1-3-5-15)14-28(26-21)22(25)27-31(29,30)19-12-10-18(24)11-13-19;1-2(7)3(5)4(6)8;/h2-14,16,22-23,34H,15H2,1H3,(H2,29,35)(H,30,32);1-13,20H,14H2;2-3,7H,5H2,1H3,(H2,6,8);1H4. The zero-order valence-electron chi connectivity index (χ0n) is 40.9. The van der Waals surface area contributed by atoms with Crippen LogP contribution in [-0.4, -0.2) is 109 Å². The van der Waals surface area contributed by atoms with Crippen LogP contribution < -0.4 is 21.9 Å². The predicted molar refractivity (Wildman–Crippen MR) is 309 cm³/mol. The van der Waals surface area contributed by atoms with Gasteiger partial charge < -0.3 is 27.4 Å². The van der Waals surface area contributed by atoms with Gasteiger partial charge in [0.25, 0.3) is 20.0 Å². The molecule has 0 bridgehead atoms. The van der Waals surface area contributed by atoms with Crippen LogP contribution in [0.25, 0.3) is 0 Å². The Morgan fingerprint density at radius 2 is 0.987 bits per heavy atom. The van der Waals surface area contributed by atoms with E-state index in [4.69, 9.17) is 85.4 Å². The van der Waals surface area contributed by atoms with E-state index < -0.39 is 56.2 Å². The third-order valence-corrected chi connectivity index (χ3v) is 15.5. The molecule has 0 fully saturated rings. The van der Waals surface area contributed by atoms with Crippen molar-refractivity contribution in [2.75, 3.05) is 13.1 Å². The number of aliphatic hydroxyl groups is 2. The first-order valence-corrected chi connectivity index (χ1v) is 27.9. The molecule has 2 aliphatic heterocycles. The number of carbonyl (C=O) groups is 2. The Kier molecular flexibility index (Phi) is 22.4. The Morgan fingerprint density at radius 1 is 0.603 bits per heavy atom. The van der Waals surface area contributed by atoms with Gasteiger partial charge in [-0.15, -0.1) is 4.40 Å². The van der Waals surface area contributed by atoms with Crippen molar-refractivity contribution in [3.63, 3.8) is 0 Å². The average Bonchev–Trinajstić information content (AvgIpc) is 4.10. The van der Waals surface area contributed by atoms with E-state index in [0.717, 1.165) is 28.0 Å². The second kappa shape index (κ2) is 27.9. The molecule has 6 aromatic carbocycles. The Labute approximate surface area is 477 Å². The molecule has 8 rings (SSSR count). The summed E-state index contributed by atoms with van der Waals surface area (Å²) < 4.78 is 58.0. The maximum Gasteiger partial charge on any atom is 0.285 e. The number of amidine groups is 1. The number of halogens is 5. The van der Waals surface area contributed by atoms with Crippen LogP contribution in [-0.2, 0) is 29.6 Å². The number of rotatable bonds is 13. The van der Waals surface area contributed by atoms with E-state index in [-0.39, 0.29) is 46.9 Å². The number of benzene rings is 6. The highest BCUT2D eigenvalue weighted by molar-refractivity contribution is 7.90. The molecule has 0 aromatic heterocycles. The molecule has 412 valence electrons. The predicted octanol–water partition coefficient (Wildman–Crippen LogP) is 7.96. The number of amides is 2. The lowest BCUT2D eigenvalue weighted by Gasteiger charge is -2.22. The van der Waals surface area contributed by atoms with Gasteiger partial charge in [-0.3, -0.25) is 9.59 Å². The quantitative estimate of drug-likeness (QED) is 0.0366. The number of primary amides is 2. The number of guanidine groups is 1. The molecule has 6 atom stereocenters. The number of hydrogen-bond acceptors (Lipinski definition) is 12. The van der Waals surface area contributed by atoms with Gasteiger partial charge >= 0.3 is 0 Å². The highest BCUT2D eigenvalue weighted by atomic mass is 35.5. The first kappa shape index (κ1) is 62.4. The van der Waals surface area contributed by atoms with Gasteiger partial charge in [0.1, 0.15) is 6.04 Å². The van der Waals surface area contributed by atoms with Gasteiger partial charge in [-0.25, -0.2) is 28.2 Å². The fourth-order valence-electron chi connectivity index (χ4n) is 7.43. The fraction of sp³-hybridized carbons (Fsp3) is 0.208. The van der Waals surface area contributed by atoms with Crippen molar-refractivity contribution in [2.24, 2.45) is 36.8 Å². The Hall–Kier alpha value is -6.43. The van der Waals surface area contributed by atoms with E-state index in [9.17, 15) is 31.5 Å². The van der Waals surface area contributed by atoms with Crippen LogP contribution in [0.3, 0.4) is 0 Å². The number of aliphatic imine (C=N–C) groups is 1. The molecule has 9 N–H and O–H groups in total. The minimum atomic E-state index is -4.18. The van der Waals surface area contributed by atoms with Gasteiger partial charge in [-0.1, -0.05) is 139 Å². The second-order valence-electron chi connectivity index (χ2n) is 17.1. The van der Waals surface area contributed by atoms with Gasteiger partial charge in [0.05, 0.1) is 46.5 Å². The normalized spacial score (nSPS) is 17.1. The summed E-state index contributed by atoms with van der Waals surface area (Å²) >= 11 is 30.2. The molecule has 2 aliphatic rings. The first-order chi connectivity index (χ1) is 36.4. The molecule has 2 amide bonds. The van der Waals surface area contributed by atoms with Crippen LogP contribution in [0.4, 0.5) is 0 Å². The van der Waals surface area contributed by atoms with Gasteiger partial charge in [-0.05, 0) is 120 Å². The SMILES string of the molecule is C.CC(O)C(N)C(N)=O.CC(O)C(N=C(NS(=O)(=O)c1ccc(Cl)cc1)N1CC(c2ccccc2)C(c2ccc(Cl)cc2)=N1)C(N)=O.O=S(=O)(N=C(Cl)N1CC(c2ccccc2)C(c2ccc(Cl)cc2)=N1)c1ccc(Cl)cc1. The number of nitrogens with zero attached hydrogens (tertiary/aromatic N) is 6. The minimum absolute atomic E-state index is 0. The van der Waals surface area contributed by atoms with E-state index >= 15 is 0 Å². The molecule has 0 radical (unpaired) electrons. The first-order valence-electron chi connectivity index (χ1n) is 23.1. The monoisotopic (exact) mass is 1200 g/mol. The van der Waals surface area contributed by atoms with Gasteiger partial charge in [0, 0.05) is 31.9 Å². The zero-order valence-corrected chi connectivity index (χ0v) is 46.3. The lowest BCUT2D eigenvalue weighted by atomic mass is 9.91. The molecular weight excluding hydrogens is 1150 g/mol. The Bertz CT molecular complexity index is 3360.